The topological polar surface area (TPSA) is 40.6 Å². The highest BCUT2D eigenvalue weighted by Crippen LogP contribution is 2.31. The highest BCUT2D eigenvalue weighted by molar-refractivity contribution is 9.10. The number of halogens is 2. The number of hydrogen-bond donors (Lipinski definition) is 0. The summed E-state index contributed by atoms with van der Waals surface area (Å²) < 4.78 is 29.0. The second kappa shape index (κ2) is 8.18. The first-order valence-corrected chi connectivity index (χ1v) is 10.1. The molecule has 136 valence electrons. The predicted octanol–water partition coefficient (Wildman–Crippen LogP) is 3.86. The minimum absolute atomic E-state index is 0. The summed E-state index contributed by atoms with van der Waals surface area (Å²) in [6.45, 7) is 3.83. The van der Waals surface area contributed by atoms with Crippen molar-refractivity contribution in [2.75, 3.05) is 26.7 Å². The largest absolute Gasteiger partial charge is 0.303 e. The molecule has 1 fully saturated rings. The molecule has 25 heavy (non-hydrogen) atoms. The van der Waals surface area contributed by atoms with Gasteiger partial charge in [0.2, 0.25) is 10.0 Å². The molecule has 3 rings (SSSR count). The first kappa shape index (κ1) is 20.4. The van der Waals surface area contributed by atoms with Gasteiger partial charge < -0.3 is 4.90 Å². The standard InChI is InChI=1S/C18H21BrN2O2S.ClH/c1-14-12-16(8-9-17(14)19)24(22,23)21-11-10-20(2)13-18(21)15-6-4-3-5-7-15;/h3-9,12,18H,10-11,13H2,1-2H3;1H. The molecule has 1 unspecified atom stereocenters. The van der Waals surface area contributed by atoms with Crippen LogP contribution in [0.4, 0.5) is 0 Å². The summed E-state index contributed by atoms with van der Waals surface area (Å²) in [5, 5.41) is 0. The minimum atomic E-state index is -3.54. The zero-order chi connectivity index (χ0) is 17.3. The van der Waals surface area contributed by atoms with E-state index < -0.39 is 10.0 Å². The molecule has 2 aromatic rings. The van der Waals surface area contributed by atoms with Gasteiger partial charge in [0, 0.05) is 24.1 Å². The van der Waals surface area contributed by atoms with Gasteiger partial charge in [0.25, 0.3) is 0 Å². The zero-order valence-corrected chi connectivity index (χ0v) is 17.4. The van der Waals surface area contributed by atoms with Crippen LogP contribution in [0.2, 0.25) is 0 Å². The van der Waals surface area contributed by atoms with Gasteiger partial charge >= 0.3 is 0 Å². The van der Waals surface area contributed by atoms with Crippen LogP contribution in [0, 0.1) is 6.92 Å². The van der Waals surface area contributed by atoms with Crippen LogP contribution in [0.5, 0.6) is 0 Å². The van der Waals surface area contributed by atoms with E-state index in [-0.39, 0.29) is 18.4 Å². The fourth-order valence-corrected chi connectivity index (χ4v) is 4.98. The molecular formula is C18H22BrClN2O2S. The number of likely N-dealkylation sites (N-methyl/N-ethyl adjacent to an activating group) is 1. The van der Waals surface area contributed by atoms with Crippen molar-refractivity contribution in [2.24, 2.45) is 0 Å². The van der Waals surface area contributed by atoms with E-state index in [1.54, 1.807) is 22.5 Å². The first-order valence-electron chi connectivity index (χ1n) is 7.91. The maximum Gasteiger partial charge on any atom is 0.243 e. The number of hydrogen-bond acceptors (Lipinski definition) is 3. The van der Waals surface area contributed by atoms with Gasteiger partial charge in [0.15, 0.2) is 0 Å². The number of benzene rings is 2. The normalized spacial score (nSPS) is 19.4. The molecule has 0 aliphatic carbocycles. The number of rotatable bonds is 3. The second-order valence-electron chi connectivity index (χ2n) is 6.22. The van der Waals surface area contributed by atoms with E-state index >= 15 is 0 Å². The van der Waals surface area contributed by atoms with E-state index in [0.717, 1.165) is 22.1 Å². The van der Waals surface area contributed by atoms with Crippen LogP contribution in [-0.2, 0) is 10.0 Å². The van der Waals surface area contributed by atoms with E-state index in [2.05, 4.69) is 20.8 Å². The van der Waals surface area contributed by atoms with Crippen molar-refractivity contribution >= 4 is 38.4 Å². The smallest absolute Gasteiger partial charge is 0.243 e. The lowest BCUT2D eigenvalue weighted by Crippen LogP contribution is -2.49. The van der Waals surface area contributed by atoms with Crippen molar-refractivity contribution in [1.82, 2.24) is 9.21 Å². The third-order valence-electron chi connectivity index (χ3n) is 4.45. The number of piperazine rings is 1. The minimum Gasteiger partial charge on any atom is -0.303 e. The maximum absolute atomic E-state index is 13.2. The van der Waals surface area contributed by atoms with Gasteiger partial charge in [-0.3, -0.25) is 0 Å². The van der Waals surface area contributed by atoms with Crippen LogP contribution in [0.3, 0.4) is 0 Å². The molecule has 0 bridgehead atoms. The van der Waals surface area contributed by atoms with Crippen LogP contribution in [0.15, 0.2) is 57.9 Å². The highest BCUT2D eigenvalue weighted by atomic mass is 79.9. The van der Waals surface area contributed by atoms with Crippen molar-refractivity contribution < 1.29 is 8.42 Å². The van der Waals surface area contributed by atoms with E-state index in [1.807, 2.05) is 44.3 Å². The van der Waals surface area contributed by atoms with Gasteiger partial charge in [-0.1, -0.05) is 46.3 Å². The Labute approximate surface area is 164 Å². The summed E-state index contributed by atoms with van der Waals surface area (Å²) in [7, 11) is -1.50. The summed E-state index contributed by atoms with van der Waals surface area (Å²) in [6.07, 6.45) is 0. The summed E-state index contributed by atoms with van der Waals surface area (Å²) in [6, 6.07) is 14.9. The summed E-state index contributed by atoms with van der Waals surface area (Å²) in [5.74, 6) is 0. The Bertz CT molecular complexity index is 830. The SMILES string of the molecule is Cc1cc(S(=O)(=O)N2CCN(C)CC2c2ccccc2)ccc1Br.Cl. The Hall–Kier alpha value is -0.920. The molecule has 0 saturated carbocycles. The van der Waals surface area contributed by atoms with Crippen molar-refractivity contribution in [3.63, 3.8) is 0 Å². The van der Waals surface area contributed by atoms with Crippen LogP contribution >= 0.6 is 28.3 Å². The molecular weight excluding hydrogens is 424 g/mol. The zero-order valence-electron chi connectivity index (χ0n) is 14.2. The van der Waals surface area contributed by atoms with E-state index in [4.69, 9.17) is 0 Å². The molecule has 1 saturated heterocycles. The second-order valence-corrected chi connectivity index (χ2v) is 8.96. The molecule has 0 amide bonds. The molecule has 2 aromatic carbocycles. The van der Waals surface area contributed by atoms with E-state index in [0.29, 0.717) is 18.0 Å². The highest BCUT2D eigenvalue weighted by Gasteiger charge is 2.36. The molecule has 0 spiro atoms. The lowest BCUT2D eigenvalue weighted by molar-refractivity contribution is 0.160. The maximum atomic E-state index is 13.2. The summed E-state index contributed by atoms with van der Waals surface area (Å²) in [4.78, 5) is 2.53. The van der Waals surface area contributed by atoms with Gasteiger partial charge in [-0.2, -0.15) is 4.31 Å². The van der Waals surface area contributed by atoms with Crippen molar-refractivity contribution in [2.45, 2.75) is 17.9 Å². The van der Waals surface area contributed by atoms with Gasteiger partial charge in [0.1, 0.15) is 0 Å². The van der Waals surface area contributed by atoms with Crippen LogP contribution < -0.4 is 0 Å². The quantitative estimate of drug-likeness (QED) is 0.720. The summed E-state index contributed by atoms with van der Waals surface area (Å²) >= 11 is 3.43. The van der Waals surface area contributed by atoms with Crippen LogP contribution in [-0.4, -0.2) is 44.3 Å². The third-order valence-corrected chi connectivity index (χ3v) is 7.25. The average molecular weight is 446 g/mol. The number of nitrogens with zero attached hydrogens (tertiary/aromatic N) is 2. The Morgan fingerprint density at radius 1 is 1.08 bits per heavy atom. The Morgan fingerprint density at radius 3 is 2.40 bits per heavy atom. The Morgan fingerprint density at radius 2 is 1.76 bits per heavy atom. The Kier molecular flexibility index (Phi) is 6.68. The molecule has 0 radical (unpaired) electrons. The number of sulfonamides is 1. The lowest BCUT2D eigenvalue weighted by atomic mass is 10.1. The third kappa shape index (κ3) is 4.26. The van der Waals surface area contributed by atoms with E-state index in [9.17, 15) is 8.42 Å². The molecule has 1 atom stereocenters. The summed E-state index contributed by atoms with van der Waals surface area (Å²) in [5.41, 5.74) is 1.95. The van der Waals surface area contributed by atoms with Gasteiger partial charge in [-0.05, 0) is 43.3 Å². The van der Waals surface area contributed by atoms with Crippen LogP contribution in [0.1, 0.15) is 17.2 Å². The molecule has 0 aromatic heterocycles. The van der Waals surface area contributed by atoms with Crippen molar-refractivity contribution in [1.29, 1.82) is 0 Å². The van der Waals surface area contributed by atoms with E-state index in [1.165, 1.54) is 0 Å². The predicted molar refractivity (Wildman–Crippen MR) is 107 cm³/mol. The Balaban J connectivity index is 0.00000225. The van der Waals surface area contributed by atoms with Gasteiger partial charge in [-0.25, -0.2) is 8.42 Å². The average Bonchev–Trinajstić information content (AvgIpc) is 2.57. The monoisotopic (exact) mass is 444 g/mol. The molecule has 1 aliphatic heterocycles. The fourth-order valence-electron chi connectivity index (χ4n) is 3.05. The molecule has 4 nitrogen and oxygen atoms in total. The van der Waals surface area contributed by atoms with Crippen LogP contribution in [0.25, 0.3) is 0 Å². The lowest BCUT2D eigenvalue weighted by Gasteiger charge is -2.39. The molecule has 1 heterocycles. The van der Waals surface area contributed by atoms with Gasteiger partial charge in [-0.15, -0.1) is 12.4 Å². The fraction of sp³-hybridized carbons (Fsp3) is 0.333. The molecule has 7 heteroatoms. The first-order chi connectivity index (χ1) is 11.4. The van der Waals surface area contributed by atoms with Crippen molar-refractivity contribution in [3.05, 3.63) is 64.1 Å². The van der Waals surface area contributed by atoms with Crippen molar-refractivity contribution in [3.8, 4) is 0 Å². The molecule has 0 N–H and O–H groups in total. The number of aryl methyl sites for hydroxylation is 1. The molecule has 1 aliphatic rings. The van der Waals surface area contributed by atoms with Gasteiger partial charge in [0.05, 0.1) is 10.9 Å².